The van der Waals surface area contributed by atoms with Gasteiger partial charge in [0.1, 0.15) is 0 Å². The second kappa shape index (κ2) is 10.7. The van der Waals surface area contributed by atoms with Crippen LogP contribution in [0, 0.1) is 0 Å². The molecule has 0 radical (unpaired) electrons. The van der Waals surface area contributed by atoms with Crippen LogP contribution in [0.1, 0.15) is 10.4 Å². The van der Waals surface area contributed by atoms with Gasteiger partial charge in [-0.25, -0.2) is 0 Å². The normalized spacial score (nSPS) is 11.7. The van der Waals surface area contributed by atoms with Crippen LogP contribution in [0.15, 0.2) is 68.6 Å². The minimum absolute atomic E-state index is 0. The molecule has 0 atom stereocenters. The number of fused-ring (bicyclic) bond motifs is 1. The Hall–Kier alpha value is -1.39. The predicted molar refractivity (Wildman–Crippen MR) is 98.0 cm³/mol. The molecule has 156 valence electrons. The molecule has 0 bridgehead atoms. The zero-order chi connectivity index (χ0) is 22.3. The van der Waals surface area contributed by atoms with Gasteiger partial charge in [-0.2, -0.15) is 27.1 Å². The number of carboxylic acid groups (broad SMARTS) is 1. The largest absolute Gasteiger partial charge is 1.00 e. The molecule has 0 saturated heterocycles. The number of azo groups is 1. The zero-order valence-electron chi connectivity index (χ0n) is 16.6. The molecule has 3 rings (SSSR count). The number of hydrogen-bond acceptors (Lipinski definition) is 9. The Bertz CT molecular complexity index is 1420. The second-order valence-electron chi connectivity index (χ2n) is 5.92. The Kier molecular flexibility index (Phi) is 9.57. The molecule has 15 heteroatoms. The summed E-state index contributed by atoms with van der Waals surface area (Å²) in [4.78, 5) is 9.13. The summed E-state index contributed by atoms with van der Waals surface area (Å²) in [5, 5.41) is 30.6. The van der Waals surface area contributed by atoms with Crippen molar-refractivity contribution < 1.29 is 100 Å². The van der Waals surface area contributed by atoms with Crippen molar-refractivity contribution in [3.8, 4) is 5.75 Å². The minimum Gasteiger partial charge on any atom is -0.870 e. The van der Waals surface area contributed by atoms with E-state index in [0.29, 0.717) is 0 Å². The van der Waals surface area contributed by atoms with Gasteiger partial charge < -0.3 is 15.0 Å². The molecule has 0 saturated carbocycles. The van der Waals surface area contributed by atoms with Crippen LogP contribution in [-0.2, 0) is 20.2 Å². The smallest absolute Gasteiger partial charge is 0.870 e. The van der Waals surface area contributed by atoms with E-state index in [-0.39, 0.29) is 81.1 Å². The molecule has 3 aromatic rings. The quantitative estimate of drug-likeness (QED) is 0.198. The Morgan fingerprint density at radius 3 is 1.94 bits per heavy atom. The average Bonchev–Trinajstić information content (AvgIpc) is 2.65. The number of carbonyl (C=O) groups is 1. The van der Waals surface area contributed by atoms with Crippen LogP contribution < -0.4 is 69.3 Å². The number of rotatable bonds is 5. The summed E-state index contributed by atoms with van der Waals surface area (Å²) >= 11 is 0. The van der Waals surface area contributed by atoms with E-state index >= 15 is 0 Å². The fourth-order valence-corrected chi connectivity index (χ4v) is 3.67. The topological polar surface area (TPSA) is 197 Å². The number of aromatic carboxylic acids is 1. The average molecular weight is 496 g/mol. The molecule has 32 heavy (non-hydrogen) atoms. The summed E-state index contributed by atoms with van der Waals surface area (Å²) in [5.74, 6) is -2.61. The fourth-order valence-electron chi connectivity index (χ4n) is 2.54. The molecule has 0 aliphatic heterocycles. The molecule has 0 amide bonds. The van der Waals surface area contributed by atoms with Crippen LogP contribution in [0.4, 0.5) is 11.4 Å². The van der Waals surface area contributed by atoms with Crippen LogP contribution in [0.3, 0.4) is 0 Å². The summed E-state index contributed by atoms with van der Waals surface area (Å²) in [6, 6.07) is 8.58. The molecule has 0 unspecified atom stereocenters. The number of hydrogen-bond donors (Lipinski definition) is 2. The van der Waals surface area contributed by atoms with Gasteiger partial charge in [-0.05, 0) is 41.3 Å². The fraction of sp³-hybridized carbons (Fsp3) is 0. The van der Waals surface area contributed by atoms with E-state index in [1.807, 2.05) is 0 Å². The molecule has 0 heterocycles. The van der Waals surface area contributed by atoms with E-state index in [1.54, 1.807) is 0 Å². The first kappa shape index (κ1) is 28.6. The molecule has 0 aliphatic carbocycles. The van der Waals surface area contributed by atoms with E-state index in [0.717, 1.165) is 24.3 Å². The van der Waals surface area contributed by atoms with Crippen molar-refractivity contribution in [2.24, 2.45) is 10.2 Å². The van der Waals surface area contributed by atoms with Gasteiger partial charge in [-0.15, -0.1) is 0 Å². The third-order valence-corrected chi connectivity index (χ3v) is 5.66. The molecule has 0 aliphatic rings. The number of benzene rings is 3. The van der Waals surface area contributed by atoms with Crippen LogP contribution in [0.2, 0.25) is 0 Å². The van der Waals surface area contributed by atoms with Crippen LogP contribution >= 0.6 is 0 Å². The molecule has 0 aromatic heterocycles. The van der Waals surface area contributed by atoms with Crippen LogP contribution in [-0.4, -0.2) is 31.9 Å². The van der Waals surface area contributed by atoms with E-state index < -0.39 is 47.4 Å². The van der Waals surface area contributed by atoms with E-state index in [2.05, 4.69) is 10.2 Å². The van der Waals surface area contributed by atoms with Crippen LogP contribution in [0.5, 0.6) is 5.75 Å². The van der Waals surface area contributed by atoms with Crippen molar-refractivity contribution in [3.63, 3.8) is 0 Å². The van der Waals surface area contributed by atoms with Gasteiger partial charge in [0.2, 0.25) is 0 Å². The molecule has 0 spiro atoms. The second-order valence-corrected chi connectivity index (χ2v) is 8.73. The standard InChI is InChI=1S/C17H12N2O9S2.2Na/c20-16-14(30(26,27)28)8-10-7-12(29(23,24)25)5-6-13(10)15(16)19-18-11-3-1-9(2-4-11)17(21)22;;/h1-8,20H,(H,21,22)(H,23,24,25)(H,26,27,28);;/q;2*+1/p-2. The molecule has 2 N–H and O–H groups in total. The Morgan fingerprint density at radius 2 is 1.44 bits per heavy atom. The van der Waals surface area contributed by atoms with Gasteiger partial charge >= 0.3 is 59.1 Å². The van der Waals surface area contributed by atoms with E-state index in [9.17, 15) is 36.4 Å². The number of carbonyl (C=O) groups excluding carboxylic acids is 1. The van der Waals surface area contributed by atoms with Crippen molar-refractivity contribution >= 4 is 48.4 Å². The number of nitrogens with zero attached hydrogens (tertiary/aromatic N) is 2. The number of carboxylic acids is 1. The van der Waals surface area contributed by atoms with Crippen molar-refractivity contribution in [1.29, 1.82) is 0 Å². The molecule has 3 aromatic carbocycles. The predicted octanol–water partition coefficient (Wildman–Crippen LogP) is -4.81. The molecular weight excluding hydrogens is 486 g/mol. The first-order valence-corrected chi connectivity index (χ1v) is 10.7. The zero-order valence-corrected chi connectivity index (χ0v) is 22.2. The minimum atomic E-state index is -4.99. The maximum Gasteiger partial charge on any atom is 1.00 e. The summed E-state index contributed by atoms with van der Waals surface area (Å²) < 4.78 is 64.3. The van der Waals surface area contributed by atoms with Gasteiger partial charge in [-0.3, -0.25) is 9.11 Å². The summed E-state index contributed by atoms with van der Waals surface area (Å²) in [5.41, 5.74) is -0.541. The SMILES string of the molecule is O=C([O-])c1ccc(N=Nc2c([O-])c(S(=O)(=O)O)cc3cc(S(=O)(=O)O)ccc23)cc1.[Na+].[Na+]. The third-order valence-electron chi connectivity index (χ3n) is 3.95. The maximum atomic E-state index is 12.5. The van der Waals surface area contributed by atoms with Crippen molar-refractivity contribution in [3.05, 3.63) is 54.1 Å². The summed E-state index contributed by atoms with van der Waals surface area (Å²) in [7, 11) is -9.62. The van der Waals surface area contributed by atoms with Gasteiger partial charge in [0.05, 0.1) is 27.1 Å². The van der Waals surface area contributed by atoms with Crippen molar-refractivity contribution in [2.45, 2.75) is 9.79 Å². The Morgan fingerprint density at radius 1 is 0.844 bits per heavy atom. The Labute approximate surface area is 226 Å². The molecule has 11 nitrogen and oxygen atoms in total. The monoisotopic (exact) mass is 496 g/mol. The molecular formula is C17H10N2Na2O9S2. The van der Waals surface area contributed by atoms with E-state index in [1.165, 1.54) is 24.3 Å². The first-order chi connectivity index (χ1) is 13.9. The van der Waals surface area contributed by atoms with Gasteiger partial charge in [0.15, 0.2) is 0 Å². The van der Waals surface area contributed by atoms with Gasteiger partial charge in [-0.1, -0.05) is 23.9 Å². The summed E-state index contributed by atoms with van der Waals surface area (Å²) in [6.45, 7) is 0. The van der Waals surface area contributed by atoms with Gasteiger partial charge in [0, 0.05) is 5.39 Å². The van der Waals surface area contributed by atoms with Crippen molar-refractivity contribution in [1.82, 2.24) is 0 Å². The van der Waals surface area contributed by atoms with Crippen molar-refractivity contribution in [2.75, 3.05) is 0 Å². The Balaban J connectivity index is 0.00000256. The van der Waals surface area contributed by atoms with Crippen LogP contribution in [0.25, 0.3) is 10.8 Å². The third kappa shape index (κ3) is 6.35. The first-order valence-electron chi connectivity index (χ1n) is 7.84. The summed E-state index contributed by atoms with van der Waals surface area (Å²) in [6.07, 6.45) is 0. The van der Waals surface area contributed by atoms with E-state index in [4.69, 9.17) is 4.55 Å². The maximum absolute atomic E-state index is 12.5. The molecule has 0 fully saturated rings. The van der Waals surface area contributed by atoms with Gasteiger partial charge in [0.25, 0.3) is 20.2 Å².